The number of aryl methyl sites for hydroxylation is 2. The normalized spacial score (nSPS) is 16.1. The Hall–Kier alpha value is -0.920. The van der Waals surface area contributed by atoms with Gasteiger partial charge >= 0.3 is 0 Å². The van der Waals surface area contributed by atoms with E-state index >= 15 is 0 Å². The molecule has 0 saturated heterocycles. The average molecular weight is 314 g/mol. The summed E-state index contributed by atoms with van der Waals surface area (Å²) in [7, 11) is -3.47. The van der Waals surface area contributed by atoms with Crippen molar-refractivity contribution in [1.29, 1.82) is 0 Å². The van der Waals surface area contributed by atoms with Gasteiger partial charge in [0.15, 0.2) is 0 Å². The maximum atomic E-state index is 12.5. The van der Waals surface area contributed by atoms with Crippen LogP contribution in [0.1, 0.15) is 43.5 Å². The highest BCUT2D eigenvalue weighted by Gasteiger charge is 2.25. The molecule has 1 fully saturated rings. The molecule has 1 aliphatic carbocycles. The van der Waals surface area contributed by atoms with Crippen LogP contribution in [0.3, 0.4) is 0 Å². The standard InChI is InChI=1S/C14H26N4O2S/c1-11-14(12(2)18(17-11)10-4-8-15)21(19,20)16-9-7-13-5-3-6-13/h13,16H,3-10,15H2,1-2H3. The lowest BCUT2D eigenvalue weighted by atomic mass is 9.83. The van der Waals surface area contributed by atoms with Gasteiger partial charge in [0.1, 0.15) is 4.90 Å². The molecule has 0 radical (unpaired) electrons. The highest BCUT2D eigenvalue weighted by Crippen LogP contribution is 2.29. The van der Waals surface area contributed by atoms with Crippen LogP contribution in [0.4, 0.5) is 0 Å². The summed E-state index contributed by atoms with van der Waals surface area (Å²) in [5, 5.41) is 4.33. The van der Waals surface area contributed by atoms with Crippen LogP contribution in [0.25, 0.3) is 0 Å². The van der Waals surface area contributed by atoms with E-state index in [-0.39, 0.29) is 0 Å². The number of nitrogens with one attached hydrogen (secondary N) is 1. The Morgan fingerprint density at radius 2 is 2.10 bits per heavy atom. The number of hydrogen-bond donors (Lipinski definition) is 2. The van der Waals surface area contributed by atoms with Gasteiger partial charge in [-0.1, -0.05) is 19.3 Å². The van der Waals surface area contributed by atoms with Crippen molar-refractivity contribution in [2.75, 3.05) is 13.1 Å². The first-order chi connectivity index (χ1) is 9.95. The van der Waals surface area contributed by atoms with Crippen LogP contribution in [0.15, 0.2) is 4.90 Å². The maximum Gasteiger partial charge on any atom is 0.244 e. The molecular formula is C14H26N4O2S. The first-order valence-corrected chi connectivity index (χ1v) is 9.17. The van der Waals surface area contributed by atoms with Crippen LogP contribution in [-0.2, 0) is 16.6 Å². The van der Waals surface area contributed by atoms with Gasteiger partial charge < -0.3 is 5.73 Å². The Morgan fingerprint density at radius 3 is 2.67 bits per heavy atom. The van der Waals surface area contributed by atoms with Gasteiger partial charge in [-0.3, -0.25) is 4.68 Å². The Balaban J connectivity index is 2.05. The summed E-state index contributed by atoms with van der Waals surface area (Å²) < 4.78 is 29.4. The molecular weight excluding hydrogens is 288 g/mol. The molecule has 1 saturated carbocycles. The second-order valence-corrected chi connectivity index (χ2v) is 7.55. The molecule has 1 aromatic rings. The molecule has 1 heterocycles. The molecule has 0 unspecified atom stereocenters. The van der Waals surface area contributed by atoms with Crippen molar-refractivity contribution >= 4 is 10.0 Å². The molecule has 0 bridgehead atoms. The summed E-state index contributed by atoms with van der Waals surface area (Å²) in [6.45, 7) is 5.28. The van der Waals surface area contributed by atoms with Gasteiger partial charge in [-0.05, 0) is 39.2 Å². The largest absolute Gasteiger partial charge is 0.330 e. The maximum absolute atomic E-state index is 12.5. The van der Waals surface area contributed by atoms with E-state index in [2.05, 4.69) is 9.82 Å². The van der Waals surface area contributed by atoms with Crippen molar-refractivity contribution in [2.24, 2.45) is 11.7 Å². The third kappa shape index (κ3) is 3.84. The zero-order chi connectivity index (χ0) is 15.5. The van der Waals surface area contributed by atoms with E-state index in [0.717, 1.165) is 12.8 Å². The average Bonchev–Trinajstić information content (AvgIpc) is 2.65. The predicted molar refractivity (Wildman–Crippen MR) is 82.5 cm³/mol. The number of hydrogen-bond acceptors (Lipinski definition) is 4. The fourth-order valence-electron chi connectivity index (χ4n) is 2.78. The number of aromatic nitrogens is 2. The quantitative estimate of drug-likeness (QED) is 0.757. The lowest BCUT2D eigenvalue weighted by molar-refractivity contribution is 0.297. The zero-order valence-corrected chi connectivity index (χ0v) is 13.7. The van der Waals surface area contributed by atoms with Gasteiger partial charge in [0.25, 0.3) is 0 Å². The van der Waals surface area contributed by atoms with Crippen LogP contribution in [0, 0.1) is 19.8 Å². The SMILES string of the molecule is Cc1nn(CCCN)c(C)c1S(=O)(=O)NCCC1CCC1. The van der Waals surface area contributed by atoms with Gasteiger partial charge in [0.2, 0.25) is 10.0 Å². The van der Waals surface area contributed by atoms with Gasteiger partial charge in [0.05, 0.1) is 11.4 Å². The molecule has 0 amide bonds. The van der Waals surface area contributed by atoms with Gasteiger partial charge in [-0.15, -0.1) is 0 Å². The van der Waals surface area contributed by atoms with Crippen LogP contribution in [-0.4, -0.2) is 31.3 Å². The van der Waals surface area contributed by atoms with Crippen molar-refractivity contribution in [3.05, 3.63) is 11.4 Å². The topological polar surface area (TPSA) is 90.0 Å². The van der Waals surface area contributed by atoms with Crippen LogP contribution in [0.2, 0.25) is 0 Å². The van der Waals surface area contributed by atoms with Crippen molar-refractivity contribution < 1.29 is 8.42 Å². The van der Waals surface area contributed by atoms with Crippen LogP contribution >= 0.6 is 0 Å². The predicted octanol–water partition coefficient (Wildman–Crippen LogP) is 1.32. The summed E-state index contributed by atoms with van der Waals surface area (Å²) >= 11 is 0. The summed E-state index contributed by atoms with van der Waals surface area (Å²) in [4.78, 5) is 0.327. The van der Waals surface area contributed by atoms with Gasteiger partial charge in [0, 0.05) is 13.1 Å². The molecule has 0 aromatic carbocycles. The fraction of sp³-hybridized carbons (Fsp3) is 0.786. The lowest BCUT2D eigenvalue weighted by Crippen LogP contribution is -2.28. The van der Waals surface area contributed by atoms with Crippen molar-refractivity contribution in [2.45, 2.75) is 57.4 Å². The van der Waals surface area contributed by atoms with E-state index < -0.39 is 10.0 Å². The van der Waals surface area contributed by atoms with Crippen molar-refractivity contribution in [3.63, 3.8) is 0 Å². The number of nitrogens with zero attached hydrogens (tertiary/aromatic N) is 2. The molecule has 3 N–H and O–H groups in total. The smallest absolute Gasteiger partial charge is 0.244 e. The second kappa shape index (κ2) is 6.89. The van der Waals surface area contributed by atoms with E-state index in [9.17, 15) is 8.42 Å². The fourth-order valence-corrected chi connectivity index (χ4v) is 4.23. The van der Waals surface area contributed by atoms with E-state index in [0.29, 0.717) is 41.8 Å². The molecule has 0 atom stereocenters. The summed E-state index contributed by atoms with van der Waals surface area (Å²) in [5.74, 6) is 0.696. The third-order valence-electron chi connectivity index (χ3n) is 4.23. The third-order valence-corrected chi connectivity index (χ3v) is 5.94. The Kier molecular flexibility index (Phi) is 5.40. The summed E-state index contributed by atoms with van der Waals surface area (Å²) in [6.07, 6.45) is 5.46. The number of nitrogens with two attached hydrogens (primary N) is 1. The minimum atomic E-state index is -3.47. The molecule has 6 nitrogen and oxygen atoms in total. The Bertz CT molecular complexity index is 576. The highest BCUT2D eigenvalue weighted by molar-refractivity contribution is 7.89. The van der Waals surface area contributed by atoms with Crippen LogP contribution < -0.4 is 10.5 Å². The zero-order valence-electron chi connectivity index (χ0n) is 12.9. The Labute approximate surface area is 127 Å². The number of rotatable bonds is 8. The molecule has 0 spiro atoms. The first-order valence-electron chi connectivity index (χ1n) is 7.69. The minimum Gasteiger partial charge on any atom is -0.330 e. The van der Waals surface area contributed by atoms with Gasteiger partial charge in [-0.25, -0.2) is 13.1 Å². The second-order valence-electron chi connectivity index (χ2n) is 5.85. The molecule has 7 heteroatoms. The first kappa shape index (κ1) is 16.5. The minimum absolute atomic E-state index is 0.327. The highest BCUT2D eigenvalue weighted by atomic mass is 32.2. The van der Waals surface area contributed by atoms with Crippen LogP contribution in [0.5, 0.6) is 0 Å². The molecule has 120 valence electrons. The number of sulfonamides is 1. The Morgan fingerprint density at radius 1 is 1.38 bits per heavy atom. The summed E-state index contributed by atoms with van der Waals surface area (Å²) in [6, 6.07) is 0. The van der Waals surface area contributed by atoms with E-state index in [1.807, 2.05) is 0 Å². The molecule has 21 heavy (non-hydrogen) atoms. The summed E-state index contributed by atoms with van der Waals surface area (Å²) in [5.41, 5.74) is 6.75. The van der Waals surface area contributed by atoms with E-state index in [4.69, 9.17) is 5.73 Å². The van der Waals surface area contributed by atoms with E-state index in [1.54, 1.807) is 18.5 Å². The molecule has 0 aliphatic heterocycles. The molecule has 2 rings (SSSR count). The molecule has 1 aliphatic rings. The monoisotopic (exact) mass is 314 g/mol. The van der Waals surface area contributed by atoms with Crippen molar-refractivity contribution in [3.8, 4) is 0 Å². The molecule has 1 aromatic heterocycles. The lowest BCUT2D eigenvalue weighted by Gasteiger charge is -2.25. The van der Waals surface area contributed by atoms with Crippen molar-refractivity contribution in [1.82, 2.24) is 14.5 Å². The van der Waals surface area contributed by atoms with Gasteiger partial charge in [-0.2, -0.15) is 5.10 Å². The van der Waals surface area contributed by atoms with E-state index in [1.165, 1.54) is 19.3 Å².